The lowest BCUT2D eigenvalue weighted by Crippen LogP contribution is -2.37. The van der Waals surface area contributed by atoms with E-state index < -0.39 is 0 Å². The SMILES string of the molecule is CCOC(=O)CN(Cc1nc2c(oc3ccccc32)c(=O)[nH]1)C(C)C. The Labute approximate surface area is 144 Å². The number of benzene rings is 1. The molecule has 1 aromatic carbocycles. The fourth-order valence-electron chi connectivity index (χ4n) is 2.71. The minimum absolute atomic E-state index is 0.0894. The summed E-state index contributed by atoms with van der Waals surface area (Å²) in [4.78, 5) is 33.3. The van der Waals surface area contributed by atoms with Crippen LogP contribution in [0.15, 0.2) is 33.5 Å². The van der Waals surface area contributed by atoms with Crippen molar-refractivity contribution in [2.24, 2.45) is 0 Å². The lowest BCUT2D eigenvalue weighted by Gasteiger charge is -2.24. The van der Waals surface area contributed by atoms with E-state index in [0.29, 0.717) is 30.1 Å². The molecule has 0 fully saturated rings. The molecule has 7 heteroatoms. The average Bonchev–Trinajstić information content (AvgIpc) is 2.94. The van der Waals surface area contributed by atoms with Crippen LogP contribution < -0.4 is 5.56 Å². The molecule has 0 spiro atoms. The summed E-state index contributed by atoms with van der Waals surface area (Å²) in [5.74, 6) is 0.190. The smallest absolute Gasteiger partial charge is 0.320 e. The molecule has 0 radical (unpaired) electrons. The number of rotatable bonds is 6. The Bertz CT molecular complexity index is 958. The molecule has 0 atom stereocenters. The molecule has 2 aromatic heterocycles. The number of fused-ring (bicyclic) bond motifs is 3. The minimum atomic E-state index is -0.323. The van der Waals surface area contributed by atoms with Gasteiger partial charge in [-0.15, -0.1) is 0 Å². The summed E-state index contributed by atoms with van der Waals surface area (Å²) in [6, 6.07) is 7.49. The quantitative estimate of drug-likeness (QED) is 0.692. The van der Waals surface area contributed by atoms with Gasteiger partial charge in [-0.2, -0.15) is 0 Å². The summed E-state index contributed by atoms with van der Waals surface area (Å²) in [6.45, 7) is 6.54. The van der Waals surface area contributed by atoms with E-state index in [1.807, 2.05) is 36.9 Å². The van der Waals surface area contributed by atoms with Crippen LogP contribution in [0.2, 0.25) is 0 Å². The van der Waals surface area contributed by atoms with Crippen LogP contribution in [0.1, 0.15) is 26.6 Å². The number of esters is 1. The highest BCUT2D eigenvalue weighted by molar-refractivity contribution is 6.01. The van der Waals surface area contributed by atoms with Gasteiger partial charge >= 0.3 is 5.97 Å². The fraction of sp³-hybridized carbons (Fsp3) is 0.389. The van der Waals surface area contributed by atoms with E-state index in [9.17, 15) is 9.59 Å². The minimum Gasteiger partial charge on any atom is -0.465 e. The molecule has 7 nitrogen and oxygen atoms in total. The molecule has 1 N–H and O–H groups in total. The monoisotopic (exact) mass is 343 g/mol. The zero-order valence-corrected chi connectivity index (χ0v) is 14.5. The van der Waals surface area contributed by atoms with Crippen LogP contribution in [0.25, 0.3) is 22.1 Å². The summed E-state index contributed by atoms with van der Waals surface area (Å²) in [5.41, 5.74) is 1.05. The summed E-state index contributed by atoms with van der Waals surface area (Å²) in [5, 5.41) is 0.798. The maximum absolute atomic E-state index is 12.3. The molecule has 25 heavy (non-hydrogen) atoms. The maximum atomic E-state index is 12.3. The summed E-state index contributed by atoms with van der Waals surface area (Å²) in [6.07, 6.45) is 0. The molecule has 0 aliphatic carbocycles. The summed E-state index contributed by atoms with van der Waals surface area (Å²) < 4.78 is 10.6. The zero-order chi connectivity index (χ0) is 18.0. The van der Waals surface area contributed by atoms with Crippen molar-refractivity contribution < 1.29 is 13.9 Å². The predicted octanol–water partition coefficient (Wildman–Crippen LogP) is 2.44. The van der Waals surface area contributed by atoms with Crippen molar-refractivity contribution in [3.8, 4) is 0 Å². The van der Waals surface area contributed by atoms with Crippen molar-refractivity contribution >= 4 is 28.0 Å². The molecule has 0 saturated carbocycles. The van der Waals surface area contributed by atoms with Gasteiger partial charge < -0.3 is 14.1 Å². The molecule has 0 amide bonds. The molecule has 3 aromatic rings. The number of hydrogen-bond acceptors (Lipinski definition) is 6. The highest BCUT2D eigenvalue weighted by Gasteiger charge is 2.18. The molecule has 0 unspecified atom stereocenters. The third-order valence-electron chi connectivity index (χ3n) is 4.00. The number of para-hydroxylation sites is 1. The molecular weight excluding hydrogens is 322 g/mol. The Balaban J connectivity index is 1.95. The Hall–Kier alpha value is -2.67. The largest absolute Gasteiger partial charge is 0.465 e. The third kappa shape index (κ3) is 3.56. The molecular formula is C18H21N3O4. The molecule has 2 heterocycles. The number of furan rings is 1. The van der Waals surface area contributed by atoms with Crippen LogP contribution in [0.5, 0.6) is 0 Å². The number of carbonyl (C=O) groups excluding carboxylic acids is 1. The summed E-state index contributed by atoms with van der Waals surface area (Å²) >= 11 is 0. The van der Waals surface area contributed by atoms with Crippen LogP contribution in [0.4, 0.5) is 0 Å². The molecule has 0 saturated heterocycles. The van der Waals surface area contributed by atoms with E-state index in [1.165, 1.54) is 0 Å². The van der Waals surface area contributed by atoms with E-state index in [4.69, 9.17) is 9.15 Å². The van der Waals surface area contributed by atoms with Gasteiger partial charge in [-0.05, 0) is 32.9 Å². The molecule has 3 rings (SSSR count). The van der Waals surface area contributed by atoms with Crippen LogP contribution in [0, 0.1) is 0 Å². The van der Waals surface area contributed by atoms with Gasteiger partial charge in [0.15, 0.2) is 0 Å². The van der Waals surface area contributed by atoms with Gasteiger partial charge in [0.2, 0.25) is 5.58 Å². The van der Waals surface area contributed by atoms with Crippen molar-refractivity contribution in [1.82, 2.24) is 14.9 Å². The fourth-order valence-corrected chi connectivity index (χ4v) is 2.71. The van der Waals surface area contributed by atoms with Crippen molar-refractivity contribution in [3.05, 3.63) is 40.4 Å². The lowest BCUT2D eigenvalue weighted by molar-refractivity contribution is -0.145. The standard InChI is InChI=1S/C18H21N3O4/c1-4-24-15(22)10-21(11(2)3)9-14-19-16-12-7-5-6-8-13(12)25-17(16)18(23)20-14/h5-8,11H,4,9-10H2,1-3H3,(H,19,20,23). The second kappa shape index (κ2) is 7.06. The third-order valence-corrected chi connectivity index (χ3v) is 4.00. The number of hydrogen-bond donors (Lipinski definition) is 1. The number of nitrogens with one attached hydrogen (secondary N) is 1. The highest BCUT2D eigenvalue weighted by atomic mass is 16.5. The Kier molecular flexibility index (Phi) is 4.85. The van der Waals surface area contributed by atoms with E-state index >= 15 is 0 Å². The van der Waals surface area contributed by atoms with Gasteiger partial charge in [-0.1, -0.05) is 12.1 Å². The Morgan fingerprint density at radius 1 is 1.36 bits per heavy atom. The number of aromatic amines is 1. The van der Waals surface area contributed by atoms with Crippen molar-refractivity contribution in [2.45, 2.75) is 33.4 Å². The normalized spacial score (nSPS) is 11.7. The molecule has 0 aliphatic heterocycles. The Morgan fingerprint density at radius 2 is 2.12 bits per heavy atom. The van der Waals surface area contributed by atoms with Gasteiger partial charge in [0, 0.05) is 11.4 Å². The van der Waals surface area contributed by atoms with Crippen LogP contribution >= 0.6 is 0 Å². The predicted molar refractivity (Wildman–Crippen MR) is 94.3 cm³/mol. The number of nitrogens with zero attached hydrogens (tertiary/aromatic N) is 2. The first-order valence-corrected chi connectivity index (χ1v) is 8.29. The summed E-state index contributed by atoms with van der Waals surface area (Å²) in [7, 11) is 0. The first-order valence-electron chi connectivity index (χ1n) is 8.29. The lowest BCUT2D eigenvalue weighted by atomic mass is 10.2. The molecule has 0 aliphatic rings. The van der Waals surface area contributed by atoms with Crippen molar-refractivity contribution in [3.63, 3.8) is 0 Å². The van der Waals surface area contributed by atoms with E-state index in [2.05, 4.69) is 9.97 Å². The van der Waals surface area contributed by atoms with Gasteiger partial charge in [0.05, 0.1) is 19.7 Å². The van der Waals surface area contributed by atoms with Crippen molar-refractivity contribution in [1.29, 1.82) is 0 Å². The second-order valence-electron chi connectivity index (χ2n) is 6.09. The van der Waals surface area contributed by atoms with E-state index in [-0.39, 0.29) is 29.7 Å². The van der Waals surface area contributed by atoms with Gasteiger partial charge in [0.25, 0.3) is 5.56 Å². The topological polar surface area (TPSA) is 88.4 Å². The van der Waals surface area contributed by atoms with Gasteiger partial charge in [-0.3, -0.25) is 14.5 Å². The number of carbonyl (C=O) groups is 1. The molecule has 0 bridgehead atoms. The first kappa shape index (κ1) is 17.2. The van der Waals surface area contributed by atoms with E-state index in [1.54, 1.807) is 13.0 Å². The van der Waals surface area contributed by atoms with E-state index in [0.717, 1.165) is 5.39 Å². The van der Waals surface area contributed by atoms with Gasteiger partial charge in [-0.25, -0.2) is 4.98 Å². The first-order chi connectivity index (χ1) is 12.0. The van der Waals surface area contributed by atoms with Crippen molar-refractivity contribution in [2.75, 3.05) is 13.2 Å². The second-order valence-corrected chi connectivity index (χ2v) is 6.09. The van der Waals surface area contributed by atoms with Crippen LogP contribution in [-0.2, 0) is 16.1 Å². The maximum Gasteiger partial charge on any atom is 0.320 e. The molecule has 132 valence electrons. The van der Waals surface area contributed by atoms with Crippen LogP contribution in [0.3, 0.4) is 0 Å². The number of H-pyrrole nitrogens is 1. The highest BCUT2D eigenvalue weighted by Crippen LogP contribution is 2.24. The average molecular weight is 343 g/mol. The zero-order valence-electron chi connectivity index (χ0n) is 14.5. The number of aromatic nitrogens is 2. The van der Waals surface area contributed by atoms with Crippen LogP contribution in [-0.4, -0.2) is 40.0 Å². The van der Waals surface area contributed by atoms with Gasteiger partial charge in [0.1, 0.15) is 16.9 Å². The number of ether oxygens (including phenoxy) is 1. The Morgan fingerprint density at radius 3 is 2.84 bits per heavy atom.